The van der Waals surface area contributed by atoms with Gasteiger partial charge in [-0.15, -0.1) is 11.3 Å². The molecule has 0 N–H and O–H groups in total. The molecule has 1 amide bonds. The number of hydrogen-bond donors (Lipinski definition) is 0. The summed E-state index contributed by atoms with van der Waals surface area (Å²) in [6.45, 7) is 3.81. The third-order valence-corrected chi connectivity index (χ3v) is 7.19. The van der Waals surface area contributed by atoms with E-state index < -0.39 is 0 Å². The minimum Gasteiger partial charge on any atom is -0.342 e. The van der Waals surface area contributed by atoms with Crippen LogP contribution in [-0.4, -0.2) is 33.3 Å². The molecule has 5 heteroatoms. The zero-order valence-electron chi connectivity index (χ0n) is 17.8. The van der Waals surface area contributed by atoms with E-state index in [1.807, 2.05) is 4.90 Å². The van der Waals surface area contributed by atoms with Crippen molar-refractivity contribution in [3.8, 4) is 11.3 Å². The molecule has 2 aromatic carbocycles. The molecule has 1 aliphatic rings. The molecule has 4 aromatic rings. The molecule has 0 aliphatic carbocycles. The Labute approximate surface area is 187 Å². The number of aromatic nitrogens is 2. The molecule has 0 saturated carbocycles. The van der Waals surface area contributed by atoms with Crippen LogP contribution in [0.4, 0.5) is 0 Å². The Morgan fingerprint density at radius 1 is 1.06 bits per heavy atom. The summed E-state index contributed by atoms with van der Waals surface area (Å²) in [5.41, 5.74) is 5.74. The summed E-state index contributed by atoms with van der Waals surface area (Å²) in [6.07, 6.45) is 5.79. The highest BCUT2D eigenvalue weighted by molar-refractivity contribution is 7.15. The minimum absolute atomic E-state index is 0.225. The molecule has 0 radical (unpaired) electrons. The molecule has 1 aliphatic heterocycles. The quantitative estimate of drug-likeness (QED) is 0.426. The van der Waals surface area contributed by atoms with Crippen molar-refractivity contribution in [1.29, 1.82) is 0 Å². The molecular weight excluding hydrogens is 402 g/mol. The topological polar surface area (TPSA) is 37.6 Å². The van der Waals surface area contributed by atoms with E-state index >= 15 is 0 Å². The van der Waals surface area contributed by atoms with Crippen molar-refractivity contribution < 1.29 is 4.79 Å². The van der Waals surface area contributed by atoms with E-state index in [0.29, 0.717) is 12.3 Å². The Balaban J connectivity index is 1.22. The van der Waals surface area contributed by atoms with Gasteiger partial charge in [-0.25, -0.2) is 4.98 Å². The second-order valence-electron chi connectivity index (χ2n) is 8.56. The Morgan fingerprint density at radius 3 is 2.55 bits per heavy atom. The van der Waals surface area contributed by atoms with Crippen molar-refractivity contribution in [2.24, 2.45) is 5.92 Å². The van der Waals surface area contributed by atoms with Crippen molar-refractivity contribution >= 4 is 22.2 Å². The molecule has 1 saturated heterocycles. The third-order valence-electron chi connectivity index (χ3n) is 6.30. The van der Waals surface area contributed by atoms with Crippen molar-refractivity contribution in [2.45, 2.75) is 32.6 Å². The summed E-state index contributed by atoms with van der Waals surface area (Å²) >= 11 is 1.60. The predicted octanol–water partition coefficient (Wildman–Crippen LogP) is 5.40. The van der Waals surface area contributed by atoms with Gasteiger partial charge in [0.05, 0.1) is 12.1 Å². The van der Waals surface area contributed by atoms with Crippen LogP contribution in [-0.2, 0) is 17.6 Å². The number of benzene rings is 2. The Bertz CT molecular complexity index is 1170. The summed E-state index contributed by atoms with van der Waals surface area (Å²) in [6, 6.07) is 19.1. The fraction of sp³-hybridized carbons (Fsp3) is 0.308. The molecule has 0 atom stereocenters. The van der Waals surface area contributed by atoms with Gasteiger partial charge in [-0.2, -0.15) is 0 Å². The van der Waals surface area contributed by atoms with Gasteiger partial charge in [0.15, 0.2) is 4.96 Å². The lowest BCUT2D eigenvalue weighted by Gasteiger charge is -2.32. The molecule has 1 fully saturated rings. The van der Waals surface area contributed by atoms with E-state index in [1.165, 1.54) is 11.1 Å². The van der Waals surface area contributed by atoms with Gasteiger partial charge >= 0.3 is 0 Å². The molecule has 0 spiro atoms. The Morgan fingerprint density at radius 2 is 1.81 bits per heavy atom. The van der Waals surface area contributed by atoms with Gasteiger partial charge in [-0.05, 0) is 37.7 Å². The second kappa shape index (κ2) is 8.67. The number of carbonyl (C=O) groups is 1. The van der Waals surface area contributed by atoms with E-state index in [4.69, 9.17) is 4.98 Å². The lowest BCUT2D eigenvalue weighted by atomic mass is 9.90. The molecular formula is C26H27N3OS. The molecule has 5 rings (SSSR count). The lowest BCUT2D eigenvalue weighted by Crippen LogP contribution is -2.39. The first-order valence-corrected chi connectivity index (χ1v) is 11.9. The van der Waals surface area contributed by atoms with Gasteiger partial charge in [-0.1, -0.05) is 60.2 Å². The first-order valence-electron chi connectivity index (χ1n) is 11.0. The largest absolute Gasteiger partial charge is 0.342 e. The maximum Gasteiger partial charge on any atom is 0.228 e. The average molecular weight is 430 g/mol. The highest BCUT2D eigenvalue weighted by Crippen LogP contribution is 2.26. The van der Waals surface area contributed by atoms with Crippen LogP contribution < -0.4 is 0 Å². The van der Waals surface area contributed by atoms with Gasteiger partial charge in [0.25, 0.3) is 0 Å². The van der Waals surface area contributed by atoms with Crippen LogP contribution in [0.15, 0.2) is 66.2 Å². The smallest absolute Gasteiger partial charge is 0.228 e. The summed E-state index contributed by atoms with van der Waals surface area (Å²) < 4.78 is 2.08. The van der Waals surface area contributed by atoms with E-state index in [2.05, 4.69) is 77.5 Å². The van der Waals surface area contributed by atoms with Gasteiger partial charge in [0, 0.05) is 35.9 Å². The maximum absolute atomic E-state index is 13.0. The number of thiazole rings is 1. The number of fused-ring (bicyclic) bond motifs is 1. The normalized spacial score (nSPS) is 14.9. The number of aryl methyl sites for hydroxylation is 1. The fourth-order valence-electron chi connectivity index (χ4n) is 4.42. The number of imidazole rings is 1. The highest BCUT2D eigenvalue weighted by atomic mass is 32.1. The summed E-state index contributed by atoms with van der Waals surface area (Å²) in [4.78, 5) is 20.7. The zero-order valence-corrected chi connectivity index (χ0v) is 18.6. The second-order valence-corrected chi connectivity index (χ2v) is 9.40. The molecule has 0 unspecified atom stereocenters. The maximum atomic E-state index is 13.0. The highest BCUT2D eigenvalue weighted by Gasteiger charge is 2.24. The van der Waals surface area contributed by atoms with Crippen molar-refractivity contribution in [2.75, 3.05) is 13.1 Å². The van der Waals surface area contributed by atoms with Crippen molar-refractivity contribution in [3.05, 3.63) is 83.0 Å². The van der Waals surface area contributed by atoms with Gasteiger partial charge < -0.3 is 4.90 Å². The lowest BCUT2D eigenvalue weighted by molar-refractivity contribution is -0.131. The summed E-state index contributed by atoms with van der Waals surface area (Å²) in [5.74, 6) is 0.897. The summed E-state index contributed by atoms with van der Waals surface area (Å²) in [5, 5.41) is 2.07. The van der Waals surface area contributed by atoms with Crippen molar-refractivity contribution in [1.82, 2.24) is 14.3 Å². The van der Waals surface area contributed by atoms with Gasteiger partial charge in [0.1, 0.15) is 0 Å². The first-order chi connectivity index (χ1) is 15.2. The van der Waals surface area contributed by atoms with E-state index in [9.17, 15) is 4.79 Å². The third kappa shape index (κ3) is 4.42. The number of nitrogens with zero attached hydrogens (tertiary/aromatic N) is 3. The minimum atomic E-state index is 0.225. The zero-order chi connectivity index (χ0) is 21.2. The Hall–Kier alpha value is -2.92. The first kappa shape index (κ1) is 20.0. The molecule has 31 heavy (non-hydrogen) atoms. The van der Waals surface area contributed by atoms with Crippen LogP contribution in [0.3, 0.4) is 0 Å². The van der Waals surface area contributed by atoms with E-state index in [1.54, 1.807) is 11.3 Å². The average Bonchev–Trinajstić information content (AvgIpc) is 3.37. The van der Waals surface area contributed by atoms with Crippen LogP contribution in [0.2, 0.25) is 0 Å². The number of carbonyl (C=O) groups excluding carboxylic acids is 1. The number of rotatable bonds is 5. The molecule has 158 valence electrons. The molecule has 2 aromatic heterocycles. The van der Waals surface area contributed by atoms with Crippen LogP contribution in [0.1, 0.15) is 29.7 Å². The standard InChI is InChI=1S/C26H27N3OS/c1-19-7-9-22(10-8-19)24-17-29-23(18-31-26(29)27-24)16-25(30)28-13-11-21(12-14-28)15-20-5-3-2-4-6-20/h2-10,17-18,21H,11-16H2,1H3. The molecule has 0 bridgehead atoms. The number of likely N-dealkylation sites (tertiary alicyclic amines) is 1. The monoisotopic (exact) mass is 429 g/mol. The van der Waals surface area contributed by atoms with Gasteiger partial charge in [0.2, 0.25) is 5.91 Å². The van der Waals surface area contributed by atoms with Crippen LogP contribution >= 0.6 is 11.3 Å². The van der Waals surface area contributed by atoms with E-state index in [-0.39, 0.29) is 5.91 Å². The molecule has 3 heterocycles. The SMILES string of the molecule is Cc1ccc(-c2cn3c(CC(=O)N4CCC(Cc5ccccc5)CC4)csc3n2)cc1. The van der Waals surface area contributed by atoms with Gasteiger partial charge in [-0.3, -0.25) is 9.20 Å². The summed E-state index contributed by atoms with van der Waals surface area (Å²) in [7, 11) is 0. The number of amides is 1. The fourth-order valence-corrected chi connectivity index (χ4v) is 5.29. The van der Waals surface area contributed by atoms with E-state index in [0.717, 1.165) is 54.3 Å². The van der Waals surface area contributed by atoms with Crippen LogP contribution in [0.5, 0.6) is 0 Å². The Kier molecular flexibility index (Phi) is 5.60. The predicted molar refractivity (Wildman–Crippen MR) is 126 cm³/mol. The van der Waals surface area contributed by atoms with Crippen LogP contribution in [0, 0.1) is 12.8 Å². The van der Waals surface area contributed by atoms with Crippen LogP contribution in [0.25, 0.3) is 16.2 Å². The number of hydrogen-bond acceptors (Lipinski definition) is 3. The number of piperidine rings is 1. The molecule has 4 nitrogen and oxygen atoms in total. The van der Waals surface area contributed by atoms with Crippen molar-refractivity contribution in [3.63, 3.8) is 0 Å².